The highest BCUT2D eigenvalue weighted by molar-refractivity contribution is 5.95. The van der Waals surface area contributed by atoms with E-state index in [0.29, 0.717) is 12.0 Å². The van der Waals surface area contributed by atoms with Gasteiger partial charge in [0.25, 0.3) is 0 Å². The first kappa shape index (κ1) is 13.6. The van der Waals surface area contributed by atoms with Crippen LogP contribution in [0.2, 0.25) is 0 Å². The fraction of sp³-hybridized carbons (Fsp3) is 0.500. The molecule has 0 heterocycles. The molecular formula is C12H18O3. The van der Waals surface area contributed by atoms with E-state index < -0.39 is 0 Å². The number of hydrogen-bond acceptors (Lipinski definition) is 3. The summed E-state index contributed by atoms with van der Waals surface area (Å²) in [6.45, 7) is 7.14. The lowest BCUT2D eigenvalue weighted by Crippen LogP contribution is -2.02. The summed E-state index contributed by atoms with van der Waals surface area (Å²) in [7, 11) is 0. The second kappa shape index (κ2) is 6.98. The molecule has 0 aromatic heterocycles. The Morgan fingerprint density at radius 3 is 2.13 bits per heavy atom. The van der Waals surface area contributed by atoms with Crippen LogP contribution in [0.5, 0.6) is 0 Å². The Labute approximate surface area is 90.8 Å². The number of rotatable bonds is 5. The molecule has 0 bridgehead atoms. The number of ketones is 1. The molecule has 0 saturated carbocycles. The number of carbonyl (C=O) groups is 2. The van der Waals surface area contributed by atoms with Crippen molar-refractivity contribution in [3.8, 4) is 0 Å². The van der Waals surface area contributed by atoms with E-state index in [1.165, 1.54) is 6.92 Å². The van der Waals surface area contributed by atoms with Crippen LogP contribution in [0.25, 0.3) is 0 Å². The summed E-state index contributed by atoms with van der Waals surface area (Å²) in [6, 6.07) is 0. The Morgan fingerprint density at radius 1 is 1.07 bits per heavy atom. The Hall–Kier alpha value is -1.38. The Kier molecular flexibility index (Phi) is 6.34. The van der Waals surface area contributed by atoms with Gasteiger partial charge in [-0.2, -0.15) is 0 Å². The molecule has 0 radical (unpaired) electrons. The highest BCUT2D eigenvalue weighted by atomic mass is 16.5. The van der Waals surface area contributed by atoms with Gasteiger partial charge < -0.3 is 4.74 Å². The SMILES string of the molecule is CC(=O)OC/C=C(\C)C(=O)CC=C(C)C. The van der Waals surface area contributed by atoms with Crippen LogP contribution in [0.3, 0.4) is 0 Å². The zero-order chi connectivity index (χ0) is 11.8. The van der Waals surface area contributed by atoms with Gasteiger partial charge in [-0.15, -0.1) is 0 Å². The molecule has 0 atom stereocenters. The lowest BCUT2D eigenvalue weighted by molar-refractivity contribution is -0.139. The van der Waals surface area contributed by atoms with Crippen LogP contribution < -0.4 is 0 Å². The van der Waals surface area contributed by atoms with Crippen molar-refractivity contribution in [1.82, 2.24) is 0 Å². The molecule has 0 amide bonds. The number of allylic oxidation sites excluding steroid dienone is 3. The van der Waals surface area contributed by atoms with Gasteiger partial charge in [0, 0.05) is 13.3 Å². The molecule has 3 heteroatoms. The van der Waals surface area contributed by atoms with Crippen molar-refractivity contribution in [2.24, 2.45) is 0 Å². The van der Waals surface area contributed by atoms with Crippen molar-refractivity contribution >= 4 is 11.8 Å². The van der Waals surface area contributed by atoms with Crippen molar-refractivity contribution in [3.05, 3.63) is 23.3 Å². The number of hydrogen-bond donors (Lipinski definition) is 0. The Balaban J connectivity index is 4.08. The molecule has 0 saturated heterocycles. The van der Waals surface area contributed by atoms with Crippen molar-refractivity contribution < 1.29 is 14.3 Å². The summed E-state index contributed by atoms with van der Waals surface area (Å²) in [5, 5.41) is 0. The summed E-state index contributed by atoms with van der Waals surface area (Å²) in [5.74, 6) is -0.279. The van der Waals surface area contributed by atoms with Gasteiger partial charge in [-0.25, -0.2) is 0 Å². The van der Waals surface area contributed by atoms with Gasteiger partial charge in [0.1, 0.15) is 6.61 Å². The molecule has 0 unspecified atom stereocenters. The predicted octanol–water partition coefficient (Wildman–Crippen LogP) is 2.42. The first-order valence-electron chi connectivity index (χ1n) is 4.90. The van der Waals surface area contributed by atoms with Crippen molar-refractivity contribution in [2.75, 3.05) is 6.61 Å². The summed E-state index contributed by atoms with van der Waals surface area (Å²) in [5.41, 5.74) is 1.75. The molecule has 84 valence electrons. The van der Waals surface area contributed by atoms with Crippen LogP contribution >= 0.6 is 0 Å². The summed E-state index contributed by atoms with van der Waals surface area (Å²) < 4.78 is 4.71. The van der Waals surface area contributed by atoms with E-state index in [9.17, 15) is 9.59 Å². The molecule has 0 aliphatic rings. The molecule has 0 rings (SSSR count). The zero-order valence-corrected chi connectivity index (χ0v) is 9.79. The van der Waals surface area contributed by atoms with Crippen LogP contribution in [-0.2, 0) is 14.3 Å². The number of ether oxygens (including phenoxy) is 1. The van der Waals surface area contributed by atoms with Gasteiger partial charge in [-0.3, -0.25) is 9.59 Å². The zero-order valence-electron chi connectivity index (χ0n) is 9.79. The fourth-order valence-corrected chi connectivity index (χ4v) is 0.856. The third-order valence-electron chi connectivity index (χ3n) is 1.81. The minimum atomic E-state index is -0.337. The number of carbonyl (C=O) groups excluding carboxylic acids is 2. The van der Waals surface area contributed by atoms with Crippen LogP contribution in [0.15, 0.2) is 23.3 Å². The number of Topliss-reactive ketones (excluding diaryl/α,β-unsaturated/α-hetero) is 1. The van der Waals surface area contributed by atoms with Gasteiger partial charge in [0.2, 0.25) is 0 Å². The van der Waals surface area contributed by atoms with Gasteiger partial charge in [-0.1, -0.05) is 11.6 Å². The second-order valence-corrected chi connectivity index (χ2v) is 3.60. The van der Waals surface area contributed by atoms with Gasteiger partial charge in [0.15, 0.2) is 5.78 Å². The average Bonchev–Trinajstić information content (AvgIpc) is 2.13. The highest BCUT2D eigenvalue weighted by Gasteiger charge is 2.01. The molecule has 0 spiro atoms. The predicted molar refractivity (Wildman–Crippen MR) is 59.4 cm³/mol. The standard InChI is InChI=1S/C12H18O3/c1-9(2)5-6-12(14)10(3)7-8-15-11(4)13/h5,7H,6,8H2,1-4H3/b10-7+. The summed E-state index contributed by atoms with van der Waals surface area (Å²) in [6.07, 6.45) is 3.92. The maximum absolute atomic E-state index is 11.5. The van der Waals surface area contributed by atoms with Gasteiger partial charge in [-0.05, 0) is 32.4 Å². The molecule has 0 aliphatic carbocycles. The first-order valence-corrected chi connectivity index (χ1v) is 4.90. The first-order chi connectivity index (χ1) is 6.93. The molecule has 0 aliphatic heterocycles. The van der Waals surface area contributed by atoms with E-state index in [0.717, 1.165) is 5.57 Å². The van der Waals surface area contributed by atoms with E-state index in [1.807, 2.05) is 19.9 Å². The molecule has 0 fully saturated rings. The van der Waals surface area contributed by atoms with E-state index in [-0.39, 0.29) is 18.4 Å². The molecular weight excluding hydrogens is 192 g/mol. The molecule has 0 N–H and O–H groups in total. The normalized spacial score (nSPS) is 10.8. The maximum atomic E-state index is 11.5. The highest BCUT2D eigenvalue weighted by Crippen LogP contribution is 2.02. The van der Waals surface area contributed by atoms with E-state index in [2.05, 4.69) is 0 Å². The smallest absolute Gasteiger partial charge is 0.302 e. The van der Waals surface area contributed by atoms with E-state index in [4.69, 9.17) is 4.74 Å². The van der Waals surface area contributed by atoms with Crippen LogP contribution in [0.4, 0.5) is 0 Å². The Bertz CT molecular complexity index is 294. The molecule has 0 aromatic rings. The van der Waals surface area contributed by atoms with E-state index in [1.54, 1.807) is 13.0 Å². The topological polar surface area (TPSA) is 43.4 Å². The Morgan fingerprint density at radius 2 is 1.67 bits per heavy atom. The van der Waals surface area contributed by atoms with Crippen LogP contribution in [0, 0.1) is 0 Å². The van der Waals surface area contributed by atoms with Crippen molar-refractivity contribution in [3.63, 3.8) is 0 Å². The van der Waals surface area contributed by atoms with Crippen molar-refractivity contribution in [2.45, 2.75) is 34.1 Å². The van der Waals surface area contributed by atoms with Gasteiger partial charge in [0.05, 0.1) is 0 Å². The minimum absolute atomic E-state index is 0.0587. The molecule has 3 nitrogen and oxygen atoms in total. The quantitative estimate of drug-likeness (QED) is 0.397. The average molecular weight is 210 g/mol. The van der Waals surface area contributed by atoms with E-state index >= 15 is 0 Å². The lowest BCUT2D eigenvalue weighted by Gasteiger charge is -1.99. The molecule has 15 heavy (non-hydrogen) atoms. The van der Waals surface area contributed by atoms with Gasteiger partial charge >= 0.3 is 5.97 Å². The minimum Gasteiger partial charge on any atom is -0.462 e. The lowest BCUT2D eigenvalue weighted by atomic mass is 10.1. The third kappa shape index (κ3) is 7.67. The molecule has 0 aromatic carbocycles. The summed E-state index contributed by atoms with van der Waals surface area (Å²) in [4.78, 5) is 21.9. The summed E-state index contributed by atoms with van der Waals surface area (Å²) >= 11 is 0. The fourth-order valence-electron chi connectivity index (χ4n) is 0.856. The van der Waals surface area contributed by atoms with Crippen LogP contribution in [-0.4, -0.2) is 18.4 Å². The maximum Gasteiger partial charge on any atom is 0.302 e. The second-order valence-electron chi connectivity index (χ2n) is 3.60. The largest absolute Gasteiger partial charge is 0.462 e. The monoisotopic (exact) mass is 210 g/mol. The number of esters is 1. The van der Waals surface area contributed by atoms with Crippen LogP contribution in [0.1, 0.15) is 34.1 Å². The van der Waals surface area contributed by atoms with Crippen molar-refractivity contribution in [1.29, 1.82) is 0 Å². The third-order valence-corrected chi connectivity index (χ3v) is 1.81.